The molecule has 0 aromatic carbocycles. The number of ether oxygens (including phenoxy) is 1. The summed E-state index contributed by atoms with van der Waals surface area (Å²) in [4.78, 5) is 14.7. The van der Waals surface area contributed by atoms with Crippen molar-refractivity contribution in [3.05, 3.63) is 21.9 Å². The van der Waals surface area contributed by atoms with Crippen LogP contribution in [0.2, 0.25) is 5.15 Å². The summed E-state index contributed by atoms with van der Waals surface area (Å²) in [6.45, 7) is -0.00213. The van der Waals surface area contributed by atoms with Crippen molar-refractivity contribution in [3.63, 3.8) is 0 Å². The summed E-state index contributed by atoms with van der Waals surface area (Å²) in [6.07, 6.45) is 1.36. The molecule has 1 rings (SSSR count). The van der Waals surface area contributed by atoms with Crippen LogP contribution in [0.4, 0.5) is 0 Å². The van der Waals surface area contributed by atoms with E-state index in [0.29, 0.717) is 4.47 Å². The summed E-state index contributed by atoms with van der Waals surface area (Å²) >= 11 is 8.92. The molecule has 0 bridgehead atoms. The van der Waals surface area contributed by atoms with Gasteiger partial charge in [0.1, 0.15) is 10.0 Å². The Bertz CT molecular complexity index is 579. The number of halogens is 2. The standard InChI is InChI=1S/C10H12BrClN2O4S/c1-14(4-3-9(15)18-2)19(16,17)8-5-7(11)6-13-10(8)12/h5-6H,3-4H2,1-2H3. The van der Waals surface area contributed by atoms with Crippen LogP contribution in [0.5, 0.6) is 0 Å². The third-order valence-electron chi connectivity index (χ3n) is 2.32. The molecular weight excluding hydrogens is 360 g/mol. The minimum absolute atomic E-state index is 0.00213. The lowest BCUT2D eigenvalue weighted by Gasteiger charge is -2.17. The number of rotatable bonds is 5. The number of methoxy groups -OCH3 is 1. The predicted octanol–water partition coefficient (Wildman–Crippen LogP) is 1.68. The van der Waals surface area contributed by atoms with E-state index in [1.807, 2.05) is 0 Å². The maximum atomic E-state index is 12.2. The Kier molecular flexibility index (Phi) is 5.72. The van der Waals surface area contributed by atoms with Gasteiger partial charge in [0.05, 0.1) is 13.5 Å². The molecular formula is C10H12BrClN2O4S. The molecule has 1 aromatic heterocycles. The van der Waals surface area contributed by atoms with E-state index in [1.165, 1.54) is 26.4 Å². The summed E-state index contributed by atoms with van der Waals surface area (Å²) in [5, 5.41) is -0.117. The van der Waals surface area contributed by atoms with Crippen molar-refractivity contribution in [2.45, 2.75) is 11.3 Å². The maximum absolute atomic E-state index is 12.2. The van der Waals surface area contributed by atoms with E-state index in [-0.39, 0.29) is 23.0 Å². The fourth-order valence-corrected chi connectivity index (χ4v) is 3.31. The van der Waals surface area contributed by atoms with Gasteiger partial charge in [0.2, 0.25) is 10.0 Å². The van der Waals surface area contributed by atoms with E-state index in [1.54, 1.807) is 0 Å². The minimum atomic E-state index is -3.79. The molecule has 0 N–H and O–H groups in total. The van der Waals surface area contributed by atoms with Gasteiger partial charge in [-0.15, -0.1) is 0 Å². The number of hydrogen-bond acceptors (Lipinski definition) is 5. The van der Waals surface area contributed by atoms with E-state index < -0.39 is 16.0 Å². The Morgan fingerprint density at radius 3 is 2.79 bits per heavy atom. The molecule has 1 aromatic rings. The van der Waals surface area contributed by atoms with Crippen molar-refractivity contribution in [3.8, 4) is 0 Å². The summed E-state index contributed by atoms with van der Waals surface area (Å²) in [5.74, 6) is -0.486. The molecule has 6 nitrogen and oxygen atoms in total. The fraction of sp³-hybridized carbons (Fsp3) is 0.400. The van der Waals surface area contributed by atoms with E-state index in [2.05, 4.69) is 25.7 Å². The lowest BCUT2D eigenvalue weighted by Crippen LogP contribution is -2.29. The van der Waals surface area contributed by atoms with Crippen LogP contribution in [0.1, 0.15) is 6.42 Å². The van der Waals surface area contributed by atoms with Gasteiger partial charge in [0, 0.05) is 24.3 Å². The molecule has 0 radical (unpaired) electrons. The first-order valence-corrected chi connectivity index (χ1v) is 7.74. The normalized spacial score (nSPS) is 11.6. The van der Waals surface area contributed by atoms with Gasteiger partial charge in [-0.1, -0.05) is 11.6 Å². The van der Waals surface area contributed by atoms with Gasteiger partial charge in [-0.2, -0.15) is 0 Å². The Balaban J connectivity index is 2.97. The SMILES string of the molecule is COC(=O)CCN(C)S(=O)(=O)c1cc(Br)cnc1Cl. The van der Waals surface area contributed by atoms with Crippen LogP contribution in [0.15, 0.2) is 21.6 Å². The highest BCUT2D eigenvalue weighted by atomic mass is 79.9. The van der Waals surface area contributed by atoms with Crippen LogP contribution < -0.4 is 0 Å². The highest BCUT2D eigenvalue weighted by Gasteiger charge is 2.25. The maximum Gasteiger partial charge on any atom is 0.306 e. The van der Waals surface area contributed by atoms with E-state index in [0.717, 1.165) is 4.31 Å². The van der Waals surface area contributed by atoms with Gasteiger partial charge < -0.3 is 4.74 Å². The van der Waals surface area contributed by atoms with Gasteiger partial charge in [0.25, 0.3) is 0 Å². The number of nitrogens with zero attached hydrogens (tertiary/aromatic N) is 2. The Labute approximate surface area is 124 Å². The molecule has 0 spiro atoms. The number of pyridine rings is 1. The Hall–Kier alpha value is -0.700. The molecule has 0 aliphatic rings. The number of esters is 1. The first-order valence-electron chi connectivity index (χ1n) is 5.13. The molecule has 0 saturated heterocycles. The minimum Gasteiger partial charge on any atom is -0.469 e. The molecule has 0 atom stereocenters. The lowest BCUT2D eigenvalue weighted by atomic mass is 10.4. The van der Waals surface area contributed by atoms with Gasteiger partial charge in [0.15, 0.2) is 0 Å². The van der Waals surface area contributed by atoms with E-state index in [9.17, 15) is 13.2 Å². The number of carbonyl (C=O) groups is 1. The van der Waals surface area contributed by atoms with Crippen LogP contribution in [-0.2, 0) is 19.6 Å². The average molecular weight is 372 g/mol. The Morgan fingerprint density at radius 2 is 2.21 bits per heavy atom. The Morgan fingerprint density at radius 1 is 1.58 bits per heavy atom. The fourth-order valence-electron chi connectivity index (χ4n) is 1.22. The van der Waals surface area contributed by atoms with Crippen molar-refractivity contribution in [1.29, 1.82) is 0 Å². The molecule has 0 fully saturated rings. The van der Waals surface area contributed by atoms with Crippen molar-refractivity contribution in [2.75, 3.05) is 20.7 Å². The first-order chi connectivity index (χ1) is 8.78. The van der Waals surface area contributed by atoms with Crippen LogP contribution >= 0.6 is 27.5 Å². The van der Waals surface area contributed by atoms with Gasteiger partial charge in [-0.05, 0) is 22.0 Å². The summed E-state index contributed by atoms with van der Waals surface area (Å²) in [5.41, 5.74) is 0. The molecule has 0 saturated carbocycles. The van der Waals surface area contributed by atoms with Crippen LogP contribution in [0.3, 0.4) is 0 Å². The molecule has 0 unspecified atom stereocenters. The smallest absolute Gasteiger partial charge is 0.306 e. The third kappa shape index (κ3) is 4.13. The zero-order valence-corrected chi connectivity index (χ0v) is 13.4. The zero-order valence-electron chi connectivity index (χ0n) is 10.3. The van der Waals surface area contributed by atoms with Gasteiger partial charge in [-0.3, -0.25) is 4.79 Å². The van der Waals surface area contributed by atoms with Gasteiger partial charge >= 0.3 is 5.97 Å². The summed E-state index contributed by atoms with van der Waals surface area (Å²) in [7, 11) is -1.20. The number of carbonyl (C=O) groups excluding carboxylic acids is 1. The first kappa shape index (κ1) is 16.4. The largest absolute Gasteiger partial charge is 0.469 e. The molecule has 1 heterocycles. The third-order valence-corrected chi connectivity index (χ3v) is 5.04. The monoisotopic (exact) mass is 370 g/mol. The second-order valence-electron chi connectivity index (χ2n) is 3.60. The van der Waals surface area contributed by atoms with Crippen molar-refractivity contribution in [1.82, 2.24) is 9.29 Å². The van der Waals surface area contributed by atoms with Crippen molar-refractivity contribution in [2.24, 2.45) is 0 Å². The molecule has 9 heteroatoms. The second-order valence-corrected chi connectivity index (χ2v) is 6.88. The van der Waals surface area contributed by atoms with Crippen LogP contribution in [0, 0.1) is 0 Å². The molecule has 0 aliphatic carbocycles. The van der Waals surface area contributed by atoms with E-state index >= 15 is 0 Å². The lowest BCUT2D eigenvalue weighted by molar-refractivity contribution is -0.140. The topological polar surface area (TPSA) is 76.6 Å². The predicted molar refractivity (Wildman–Crippen MR) is 73.4 cm³/mol. The molecule has 0 amide bonds. The summed E-state index contributed by atoms with van der Waals surface area (Å²) in [6, 6.07) is 1.36. The second kappa shape index (κ2) is 6.65. The van der Waals surface area contributed by atoms with E-state index in [4.69, 9.17) is 11.6 Å². The summed E-state index contributed by atoms with van der Waals surface area (Å²) < 4.78 is 30.4. The molecule has 19 heavy (non-hydrogen) atoms. The van der Waals surface area contributed by atoms with Gasteiger partial charge in [-0.25, -0.2) is 17.7 Å². The highest BCUT2D eigenvalue weighted by molar-refractivity contribution is 9.10. The molecule has 106 valence electrons. The average Bonchev–Trinajstić information content (AvgIpc) is 2.37. The highest BCUT2D eigenvalue weighted by Crippen LogP contribution is 2.25. The quantitative estimate of drug-likeness (QED) is 0.581. The molecule has 0 aliphatic heterocycles. The number of sulfonamides is 1. The van der Waals surface area contributed by atoms with Crippen molar-refractivity contribution < 1.29 is 17.9 Å². The van der Waals surface area contributed by atoms with Crippen LogP contribution in [-0.4, -0.2) is 44.4 Å². The number of aromatic nitrogens is 1. The number of hydrogen-bond donors (Lipinski definition) is 0. The van der Waals surface area contributed by atoms with Crippen molar-refractivity contribution >= 4 is 43.5 Å². The van der Waals surface area contributed by atoms with Crippen LogP contribution in [0.25, 0.3) is 0 Å². The zero-order chi connectivity index (χ0) is 14.6.